The van der Waals surface area contributed by atoms with Gasteiger partial charge in [0.15, 0.2) is 0 Å². The minimum Gasteiger partial charge on any atom is -0.478 e. The second kappa shape index (κ2) is 5.87. The third-order valence-electron chi connectivity index (χ3n) is 1.30. The smallest absolute Gasteiger partial charge is 0.353 e. The zero-order valence-corrected chi connectivity index (χ0v) is 6.48. The first-order valence-electron chi connectivity index (χ1n) is 3.46. The molecule has 0 aliphatic heterocycles. The summed E-state index contributed by atoms with van der Waals surface area (Å²) in [6, 6.07) is 0. The first-order valence-corrected chi connectivity index (χ1v) is 3.46. The Labute approximate surface area is 69.0 Å². The second-order valence-corrected chi connectivity index (χ2v) is 2.16. The zero-order valence-electron chi connectivity index (χ0n) is 6.48. The standard InChI is InChI=1S/C6H12FNO4/c7-5(6(11)12)8(1-3-9)2-4-10/h5,9-10H,1-4H2,(H,11,12). The van der Waals surface area contributed by atoms with Gasteiger partial charge < -0.3 is 15.3 Å². The second-order valence-electron chi connectivity index (χ2n) is 2.16. The first-order chi connectivity index (χ1) is 5.63. The van der Waals surface area contributed by atoms with Crippen LogP contribution in [0, 0.1) is 0 Å². The van der Waals surface area contributed by atoms with E-state index in [4.69, 9.17) is 15.3 Å². The van der Waals surface area contributed by atoms with E-state index in [1.54, 1.807) is 0 Å². The summed E-state index contributed by atoms with van der Waals surface area (Å²) in [5, 5.41) is 25.0. The molecule has 1 unspecified atom stereocenters. The summed E-state index contributed by atoms with van der Waals surface area (Å²) < 4.78 is 12.7. The molecule has 0 aliphatic rings. The molecular formula is C6H12FNO4. The van der Waals surface area contributed by atoms with E-state index in [0.29, 0.717) is 0 Å². The maximum atomic E-state index is 12.7. The number of rotatable bonds is 6. The van der Waals surface area contributed by atoms with Crippen molar-refractivity contribution < 1.29 is 24.5 Å². The summed E-state index contributed by atoms with van der Waals surface area (Å²) in [5.41, 5.74) is 0. The highest BCUT2D eigenvalue weighted by Crippen LogP contribution is 2.00. The van der Waals surface area contributed by atoms with E-state index >= 15 is 0 Å². The van der Waals surface area contributed by atoms with Crippen molar-refractivity contribution in [2.24, 2.45) is 0 Å². The summed E-state index contributed by atoms with van der Waals surface area (Å²) in [6.45, 7) is -0.885. The number of aliphatic hydroxyl groups excluding tert-OH is 2. The lowest BCUT2D eigenvalue weighted by atomic mass is 10.4. The molecule has 0 aromatic carbocycles. The molecule has 0 bridgehead atoms. The number of nitrogens with zero attached hydrogens (tertiary/aromatic N) is 1. The number of carboxylic acids is 1. The molecule has 0 saturated heterocycles. The molecule has 0 spiro atoms. The van der Waals surface area contributed by atoms with Gasteiger partial charge in [-0.25, -0.2) is 9.18 Å². The Bertz CT molecular complexity index is 138. The predicted molar refractivity (Wildman–Crippen MR) is 38.3 cm³/mol. The fourth-order valence-electron chi connectivity index (χ4n) is 0.752. The van der Waals surface area contributed by atoms with Crippen LogP contribution in [0.15, 0.2) is 0 Å². The summed E-state index contributed by atoms with van der Waals surface area (Å²) in [5.74, 6) is -1.61. The van der Waals surface area contributed by atoms with E-state index in [0.717, 1.165) is 4.90 Å². The van der Waals surface area contributed by atoms with Crippen molar-refractivity contribution in [1.29, 1.82) is 0 Å². The van der Waals surface area contributed by atoms with Crippen molar-refractivity contribution in [2.45, 2.75) is 6.30 Å². The maximum Gasteiger partial charge on any atom is 0.353 e. The van der Waals surface area contributed by atoms with Crippen molar-refractivity contribution in [3.05, 3.63) is 0 Å². The van der Waals surface area contributed by atoms with Crippen molar-refractivity contribution >= 4 is 5.97 Å². The molecule has 0 saturated carbocycles. The van der Waals surface area contributed by atoms with Crippen LogP contribution in [-0.4, -0.2) is 58.8 Å². The van der Waals surface area contributed by atoms with Crippen molar-refractivity contribution in [2.75, 3.05) is 26.3 Å². The highest BCUT2D eigenvalue weighted by Gasteiger charge is 2.23. The van der Waals surface area contributed by atoms with Crippen LogP contribution >= 0.6 is 0 Å². The monoisotopic (exact) mass is 181 g/mol. The average Bonchev–Trinajstić information content (AvgIpc) is 2.03. The molecular weight excluding hydrogens is 169 g/mol. The van der Waals surface area contributed by atoms with Gasteiger partial charge in [0.2, 0.25) is 0 Å². The minimum absolute atomic E-state index is 0.103. The molecule has 72 valence electrons. The van der Waals surface area contributed by atoms with Crippen LogP contribution in [-0.2, 0) is 4.79 Å². The van der Waals surface area contributed by atoms with Gasteiger partial charge in [0.25, 0.3) is 6.30 Å². The van der Waals surface area contributed by atoms with E-state index < -0.39 is 12.3 Å². The van der Waals surface area contributed by atoms with E-state index in [2.05, 4.69) is 0 Å². The molecule has 1 atom stereocenters. The zero-order chi connectivity index (χ0) is 9.56. The SMILES string of the molecule is O=C(O)C(F)N(CCO)CCO. The minimum atomic E-state index is -2.16. The lowest BCUT2D eigenvalue weighted by Crippen LogP contribution is -2.41. The summed E-state index contributed by atoms with van der Waals surface area (Å²) in [6.07, 6.45) is -2.16. The van der Waals surface area contributed by atoms with Crippen molar-refractivity contribution in [3.8, 4) is 0 Å². The van der Waals surface area contributed by atoms with Gasteiger partial charge in [-0.3, -0.25) is 4.90 Å². The molecule has 0 aromatic rings. The molecule has 0 aromatic heterocycles. The van der Waals surface area contributed by atoms with Gasteiger partial charge in [-0.15, -0.1) is 0 Å². The third kappa shape index (κ3) is 3.61. The van der Waals surface area contributed by atoms with E-state index in [9.17, 15) is 9.18 Å². The van der Waals surface area contributed by atoms with Crippen LogP contribution in [0.3, 0.4) is 0 Å². The Morgan fingerprint density at radius 3 is 2.00 bits per heavy atom. The normalized spacial score (nSPS) is 13.3. The predicted octanol–water partition coefficient (Wildman–Crippen LogP) is -1.35. The molecule has 0 radical (unpaired) electrons. The number of aliphatic hydroxyl groups is 2. The Morgan fingerprint density at radius 1 is 1.33 bits per heavy atom. The van der Waals surface area contributed by atoms with Gasteiger partial charge in [0.05, 0.1) is 13.2 Å². The van der Waals surface area contributed by atoms with E-state index in [-0.39, 0.29) is 26.3 Å². The maximum absolute atomic E-state index is 12.7. The number of carbonyl (C=O) groups is 1. The van der Waals surface area contributed by atoms with Crippen LogP contribution in [0.4, 0.5) is 4.39 Å². The van der Waals surface area contributed by atoms with Gasteiger partial charge in [-0.2, -0.15) is 0 Å². The molecule has 5 nitrogen and oxygen atoms in total. The number of carboxylic acid groups (broad SMARTS) is 1. The van der Waals surface area contributed by atoms with Crippen LogP contribution < -0.4 is 0 Å². The molecule has 0 rings (SSSR count). The van der Waals surface area contributed by atoms with E-state index in [1.165, 1.54) is 0 Å². The van der Waals surface area contributed by atoms with Gasteiger partial charge in [0, 0.05) is 13.1 Å². The number of hydrogen-bond acceptors (Lipinski definition) is 4. The van der Waals surface area contributed by atoms with Crippen LogP contribution in [0.5, 0.6) is 0 Å². The first kappa shape index (κ1) is 11.3. The molecule has 12 heavy (non-hydrogen) atoms. The lowest BCUT2D eigenvalue weighted by molar-refractivity contribution is -0.151. The summed E-state index contributed by atoms with van der Waals surface area (Å²) in [4.78, 5) is 10.9. The third-order valence-corrected chi connectivity index (χ3v) is 1.30. The van der Waals surface area contributed by atoms with Gasteiger partial charge >= 0.3 is 5.97 Å². The molecule has 6 heteroatoms. The quantitative estimate of drug-likeness (QED) is 0.441. The number of hydrogen-bond donors (Lipinski definition) is 3. The molecule has 0 heterocycles. The van der Waals surface area contributed by atoms with Crippen LogP contribution in [0.25, 0.3) is 0 Å². The molecule has 3 N–H and O–H groups in total. The largest absolute Gasteiger partial charge is 0.478 e. The number of aliphatic carboxylic acids is 1. The number of halogens is 1. The van der Waals surface area contributed by atoms with Crippen molar-refractivity contribution in [3.63, 3.8) is 0 Å². The van der Waals surface area contributed by atoms with Gasteiger partial charge in [-0.1, -0.05) is 0 Å². The summed E-state index contributed by atoms with van der Waals surface area (Å²) in [7, 11) is 0. The molecule has 0 amide bonds. The van der Waals surface area contributed by atoms with E-state index in [1.807, 2.05) is 0 Å². The Balaban J connectivity index is 3.98. The Kier molecular flexibility index (Phi) is 5.52. The van der Waals surface area contributed by atoms with Crippen molar-refractivity contribution in [1.82, 2.24) is 4.90 Å². The van der Waals surface area contributed by atoms with Gasteiger partial charge in [0.1, 0.15) is 0 Å². The fourth-order valence-corrected chi connectivity index (χ4v) is 0.752. The number of alkyl halides is 1. The highest BCUT2D eigenvalue weighted by molar-refractivity contribution is 5.71. The topological polar surface area (TPSA) is 81.0 Å². The molecule has 0 aliphatic carbocycles. The molecule has 0 fully saturated rings. The van der Waals surface area contributed by atoms with Gasteiger partial charge in [-0.05, 0) is 0 Å². The fraction of sp³-hybridized carbons (Fsp3) is 0.833. The highest BCUT2D eigenvalue weighted by atomic mass is 19.1. The van der Waals surface area contributed by atoms with Crippen LogP contribution in [0.1, 0.15) is 0 Å². The average molecular weight is 181 g/mol. The summed E-state index contributed by atoms with van der Waals surface area (Å²) >= 11 is 0. The van der Waals surface area contributed by atoms with Crippen LogP contribution in [0.2, 0.25) is 0 Å². The Morgan fingerprint density at radius 2 is 1.75 bits per heavy atom. The Hall–Kier alpha value is -0.720. The lowest BCUT2D eigenvalue weighted by Gasteiger charge is -2.20.